The summed E-state index contributed by atoms with van der Waals surface area (Å²) >= 11 is 0. The maximum absolute atomic E-state index is 12.7. The Labute approximate surface area is 147 Å². The van der Waals surface area contributed by atoms with Gasteiger partial charge >= 0.3 is 0 Å². The van der Waals surface area contributed by atoms with E-state index in [-0.39, 0.29) is 11.8 Å². The van der Waals surface area contributed by atoms with Crippen molar-refractivity contribution in [1.82, 2.24) is 14.8 Å². The number of benzene rings is 1. The minimum Gasteiger partial charge on any atom is -0.399 e. The highest BCUT2D eigenvalue weighted by atomic mass is 16.2. The molecule has 1 fully saturated rings. The van der Waals surface area contributed by atoms with Crippen LogP contribution < -0.4 is 5.73 Å². The maximum atomic E-state index is 12.7. The van der Waals surface area contributed by atoms with Crippen molar-refractivity contribution in [2.45, 2.75) is 13.3 Å². The summed E-state index contributed by atoms with van der Waals surface area (Å²) in [6.45, 7) is 4.15. The zero-order chi connectivity index (χ0) is 17.8. The molecule has 2 heterocycles. The fraction of sp³-hybridized carbons (Fsp3) is 0.316. The second-order valence-corrected chi connectivity index (χ2v) is 6.20. The lowest BCUT2D eigenvalue weighted by molar-refractivity contribution is 0.0718. The average molecular weight is 338 g/mol. The number of hydrogen-bond donors (Lipinski definition) is 1. The first-order valence-electron chi connectivity index (χ1n) is 8.42. The molecule has 6 heteroatoms. The van der Waals surface area contributed by atoms with Crippen LogP contribution in [0.15, 0.2) is 42.6 Å². The molecule has 1 aliphatic heterocycles. The molecule has 6 nitrogen and oxygen atoms in total. The fourth-order valence-electron chi connectivity index (χ4n) is 3.01. The fourth-order valence-corrected chi connectivity index (χ4v) is 3.01. The van der Waals surface area contributed by atoms with E-state index in [0.29, 0.717) is 43.0 Å². The van der Waals surface area contributed by atoms with Crippen LogP contribution in [0.3, 0.4) is 0 Å². The van der Waals surface area contributed by atoms with E-state index in [2.05, 4.69) is 4.98 Å². The quantitative estimate of drug-likeness (QED) is 0.849. The summed E-state index contributed by atoms with van der Waals surface area (Å²) in [5, 5.41) is 0. The zero-order valence-corrected chi connectivity index (χ0v) is 14.3. The monoisotopic (exact) mass is 338 g/mol. The van der Waals surface area contributed by atoms with Gasteiger partial charge in [-0.3, -0.25) is 14.6 Å². The number of anilines is 1. The number of carbonyl (C=O) groups excluding carboxylic acids is 2. The third-order valence-electron chi connectivity index (χ3n) is 4.47. The molecule has 1 aliphatic rings. The molecule has 2 amide bonds. The van der Waals surface area contributed by atoms with Crippen LogP contribution in [0.2, 0.25) is 0 Å². The standard InChI is InChI=1S/C19H22N4O2/c1-14-17(4-2-9-21-14)19(25)23-11-3-10-22(12-13-23)18(24)15-5-7-16(20)8-6-15/h2,4-9H,3,10-13,20H2,1H3. The van der Waals surface area contributed by atoms with E-state index in [0.717, 1.165) is 12.1 Å². The van der Waals surface area contributed by atoms with Crippen molar-refractivity contribution in [2.24, 2.45) is 0 Å². The predicted molar refractivity (Wildman–Crippen MR) is 96.3 cm³/mol. The summed E-state index contributed by atoms with van der Waals surface area (Å²) in [5.41, 5.74) is 8.29. The van der Waals surface area contributed by atoms with Crippen molar-refractivity contribution in [2.75, 3.05) is 31.9 Å². The van der Waals surface area contributed by atoms with Gasteiger partial charge in [0.05, 0.1) is 5.56 Å². The molecule has 0 aliphatic carbocycles. The first-order valence-corrected chi connectivity index (χ1v) is 8.42. The molecule has 2 aromatic rings. The van der Waals surface area contributed by atoms with Crippen LogP contribution in [-0.4, -0.2) is 52.8 Å². The number of aromatic nitrogens is 1. The van der Waals surface area contributed by atoms with Gasteiger partial charge in [-0.1, -0.05) is 0 Å². The highest BCUT2D eigenvalue weighted by molar-refractivity contribution is 5.96. The molecule has 0 unspecified atom stereocenters. The van der Waals surface area contributed by atoms with Crippen molar-refractivity contribution in [3.63, 3.8) is 0 Å². The molecular weight excluding hydrogens is 316 g/mol. The number of aryl methyl sites for hydroxylation is 1. The van der Waals surface area contributed by atoms with Crippen LogP contribution in [0.25, 0.3) is 0 Å². The largest absolute Gasteiger partial charge is 0.399 e. The number of nitrogens with two attached hydrogens (primary N) is 1. The summed E-state index contributed by atoms with van der Waals surface area (Å²) in [5.74, 6) is -0.0424. The molecule has 0 radical (unpaired) electrons. The smallest absolute Gasteiger partial charge is 0.255 e. The number of rotatable bonds is 2. The van der Waals surface area contributed by atoms with Crippen molar-refractivity contribution in [3.05, 3.63) is 59.4 Å². The summed E-state index contributed by atoms with van der Waals surface area (Å²) in [6, 6.07) is 10.5. The molecule has 0 saturated carbocycles. The van der Waals surface area contributed by atoms with E-state index in [1.54, 1.807) is 52.4 Å². The molecule has 1 aromatic carbocycles. The van der Waals surface area contributed by atoms with Crippen LogP contribution in [0.4, 0.5) is 5.69 Å². The van der Waals surface area contributed by atoms with Crippen LogP contribution >= 0.6 is 0 Å². The highest BCUT2D eigenvalue weighted by Gasteiger charge is 2.24. The molecule has 0 spiro atoms. The van der Waals surface area contributed by atoms with Gasteiger partial charge in [0.15, 0.2) is 0 Å². The number of nitrogens with zero attached hydrogens (tertiary/aromatic N) is 3. The summed E-state index contributed by atoms with van der Waals surface area (Å²) in [7, 11) is 0. The molecule has 25 heavy (non-hydrogen) atoms. The molecule has 3 rings (SSSR count). The number of carbonyl (C=O) groups is 2. The van der Waals surface area contributed by atoms with Crippen molar-refractivity contribution in [3.8, 4) is 0 Å². The Hall–Kier alpha value is -2.89. The average Bonchev–Trinajstić information content (AvgIpc) is 2.88. The Morgan fingerprint density at radius 3 is 2.24 bits per heavy atom. The molecular formula is C19H22N4O2. The maximum Gasteiger partial charge on any atom is 0.255 e. The Morgan fingerprint density at radius 1 is 0.960 bits per heavy atom. The molecule has 1 saturated heterocycles. The molecule has 1 aromatic heterocycles. The third kappa shape index (κ3) is 3.79. The van der Waals surface area contributed by atoms with Gasteiger partial charge < -0.3 is 15.5 Å². The van der Waals surface area contributed by atoms with Crippen LogP contribution in [0, 0.1) is 6.92 Å². The van der Waals surface area contributed by atoms with Crippen molar-refractivity contribution < 1.29 is 9.59 Å². The predicted octanol–water partition coefficient (Wildman–Crippen LogP) is 1.96. The van der Waals surface area contributed by atoms with E-state index in [1.807, 2.05) is 6.92 Å². The molecule has 0 bridgehead atoms. The normalized spacial score (nSPS) is 14.9. The molecule has 2 N–H and O–H groups in total. The lowest BCUT2D eigenvalue weighted by Crippen LogP contribution is -2.37. The van der Waals surface area contributed by atoms with Crippen molar-refractivity contribution in [1.29, 1.82) is 0 Å². The minimum absolute atomic E-state index is 0.0209. The van der Waals surface area contributed by atoms with E-state index in [9.17, 15) is 9.59 Å². The number of pyridine rings is 1. The van der Waals surface area contributed by atoms with Crippen LogP contribution in [0.1, 0.15) is 32.8 Å². The van der Waals surface area contributed by atoms with Gasteiger partial charge in [-0.25, -0.2) is 0 Å². The SMILES string of the molecule is Cc1ncccc1C(=O)N1CCCN(C(=O)c2ccc(N)cc2)CC1. The summed E-state index contributed by atoms with van der Waals surface area (Å²) in [4.78, 5) is 33.2. The van der Waals surface area contributed by atoms with Gasteiger partial charge in [0, 0.05) is 49.3 Å². The first-order chi connectivity index (χ1) is 12.1. The lowest BCUT2D eigenvalue weighted by Gasteiger charge is -2.22. The lowest BCUT2D eigenvalue weighted by atomic mass is 10.1. The number of nitrogen functional groups attached to an aromatic ring is 1. The van der Waals surface area contributed by atoms with Gasteiger partial charge in [-0.05, 0) is 49.7 Å². The van der Waals surface area contributed by atoms with Gasteiger partial charge in [0.2, 0.25) is 0 Å². The first kappa shape index (κ1) is 17.0. The van der Waals surface area contributed by atoms with Crippen LogP contribution in [0.5, 0.6) is 0 Å². The number of hydrogen-bond acceptors (Lipinski definition) is 4. The van der Waals surface area contributed by atoms with E-state index < -0.39 is 0 Å². The third-order valence-corrected chi connectivity index (χ3v) is 4.47. The van der Waals surface area contributed by atoms with Gasteiger partial charge in [0.1, 0.15) is 0 Å². The van der Waals surface area contributed by atoms with E-state index >= 15 is 0 Å². The van der Waals surface area contributed by atoms with E-state index in [1.165, 1.54) is 0 Å². The topological polar surface area (TPSA) is 79.5 Å². The summed E-state index contributed by atoms with van der Waals surface area (Å²) < 4.78 is 0. The van der Waals surface area contributed by atoms with Crippen molar-refractivity contribution >= 4 is 17.5 Å². The summed E-state index contributed by atoms with van der Waals surface area (Å²) in [6.07, 6.45) is 2.44. The minimum atomic E-state index is -0.0214. The Morgan fingerprint density at radius 2 is 1.60 bits per heavy atom. The Balaban J connectivity index is 1.68. The van der Waals surface area contributed by atoms with E-state index in [4.69, 9.17) is 5.73 Å². The van der Waals surface area contributed by atoms with Crippen LogP contribution in [-0.2, 0) is 0 Å². The Kier molecular flexibility index (Phi) is 4.97. The van der Waals surface area contributed by atoms with Gasteiger partial charge in [-0.2, -0.15) is 0 Å². The number of amides is 2. The van der Waals surface area contributed by atoms with Gasteiger partial charge in [-0.15, -0.1) is 0 Å². The zero-order valence-electron chi connectivity index (χ0n) is 14.3. The highest BCUT2D eigenvalue weighted by Crippen LogP contribution is 2.14. The van der Waals surface area contributed by atoms with Gasteiger partial charge in [0.25, 0.3) is 11.8 Å². The second kappa shape index (κ2) is 7.34. The molecule has 130 valence electrons. The molecule has 0 atom stereocenters. The second-order valence-electron chi connectivity index (χ2n) is 6.20. The Bertz CT molecular complexity index is 773.